The van der Waals surface area contributed by atoms with E-state index < -0.39 is 5.97 Å². The Bertz CT molecular complexity index is 1050. The molecule has 1 N–H and O–H groups in total. The summed E-state index contributed by atoms with van der Waals surface area (Å²) in [6.45, 7) is 0.0793. The first kappa shape index (κ1) is 15.5. The lowest BCUT2D eigenvalue weighted by atomic mass is 10.1. The average molecular weight is 359 g/mol. The number of nitrogens with one attached hydrogen (secondary N) is 1. The van der Waals surface area contributed by atoms with E-state index in [1.54, 1.807) is 36.4 Å². The van der Waals surface area contributed by atoms with E-state index in [2.05, 4.69) is 10.2 Å². The van der Waals surface area contributed by atoms with Gasteiger partial charge in [0.15, 0.2) is 17.2 Å². The monoisotopic (exact) mass is 358 g/mol. The van der Waals surface area contributed by atoms with Crippen molar-refractivity contribution in [1.29, 1.82) is 0 Å². The Labute approximate surface area is 146 Å². The van der Waals surface area contributed by atoms with Gasteiger partial charge in [-0.25, -0.2) is 9.89 Å². The molecular weight excluding hydrogens is 348 g/mol. The number of carbonyl (C=O) groups is 1. The van der Waals surface area contributed by atoms with Crippen LogP contribution in [-0.4, -0.2) is 23.0 Å². The Kier molecular flexibility index (Phi) is 3.77. The van der Waals surface area contributed by atoms with Gasteiger partial charge in [-0.2, -0.15) is 5.10 Å². The van der Waals surface area contributed by atoms with Crippen LogP contribution >= 0.6 is 11.6 Å². The van der Waals surface area contributed by atoms with E-state index in [9.17, 15) is 9.59 Å². The summed E-state index contributed by atoms with van der Waals surface area (Å²) in [5, 5.41) is 7.30. The molecule has 4 rings (SSSR count). The molecule has 0 radical (unpaired) electrons. The summed E-state index contributed by atoms with van der Waals surface area (Å²) in [7, 11) is 0. The first-order chi connectivity index (χ1) is 12.1. The second-order valence-corrected chi connectivity index (χ2v) is 5.74. The summed E-state index contributed by atoms with van der Waals surface area (Å²) < 4.78 is 15.8. The zero-order valence-electron chi connectivity index (χ0n) is 12.7. The smallest absolute Gasteiger partial charge is 0.359 e. The number of fused-ring (bicyclic) bond motifs is 2. The van der Waals surface area contributed by atoms with Gasteiger partial charge in [-0.15, -0.1) is 0 Å². The second kappa shape index (κ2) is 6.10. The first-order valence-corrected chi connectivity index (χ1v) is 7.74. The molecule has 1 aliphatic rings. The molecule has 0 spiro atoms. The van der Waals surface area contributed by atoms with Crippen molar-refractivity contribution < 1.29 is 19.0 Å². The molecule has 0 unspecified atom stereocenters. The molecule has 0 bridgehead atoms. The Morgan fingerprint density at radius 2 is 2.04 bits per heavy atom. The minimum Gasteiger partial charge on any atom is -0.456 e. The molecule has 0 atom stereocenters. The SMILES string of the molecule is O=C(OCc1cc(Cl)c2c(c1)OCO2)c1n[nH]c(=O)c2ccccc12. The summed E-state index contributed by atoms with van der Waals surface area (Å²) in [4.78, 5) is 24.1. The van der Waals surface area contributed by atoms with Crippen molar-refractivity contribution in [3.05, 3.63) is 63.0 Å². The van der Waals surface area contributed by atoms with E-state index in [-0.39, 0.29) is 24.7 Å². The molecule has 126 valence electrons. The average Bonchev–Trinajstić information content (AvgIpc) is 3.09. The molecule has 0 saturated heterocycles. The topological polar surface area (TPSA) is 90.5 Å². The van der Waals surface area contributed by atoms with Crippen molar-refractivity contribution in [2.24, 2.45) is 0 Å². The lowest BCUT2D eigenvalue weighted by Crippen LogP contribution is -2.16. The molecule has 0 saturated carbocycles. The number of aromatic amines is 1. The fraction of sp³-hybridized carbons (Fsp3) is 0.118. The summed E-state index contributed by atoms with van der Waals surface area (Å²) in [6.07, 6.45) is 0. The Balaban J connectivity index is 1.59. The van der Waals surface area contributed by atoms with Crippen LogP contribution in [0.1, 0.15) is 16.1 Å². The van der Waals surface area contributed by atoms with Crippen molar-refractivity contribution in [2.45, 2.75) is 6.61 Å². The minimum atomic E-state index is -0.652. The van der Waals surface area contributed by atoms with E-state index in [1.165, 1.54) is 0 Å². The van der Waals surface area contributed by atoms with Gasteiger partial charge in [-0.1, -0.05) is 29.8 Å². The quantitative estimate of drug-likeness (QED) is 0.724. The fourth-order valence-corrected chi connectivity index (χ4v) is 2.88. The summed E-state index contributed by atoms with van der Waals surface area (Å²) in [5.41, 5.74) is 0.327. The molecule has 25 heavy (non-hydrogen) atoms. The highest BCUT2D eigenvalue weighted by atomic mass is 35.5. The highest BCUT2D eigenvalue weighted by Crippen LogP contribution is 2.39. The third-order valence-corrected chi connectivity index (χ3v) is 4.03. The third kappa shape index (κ3) is 2.78. The molecule has 1 aliphatic heterocycles. The van der Waals surface area contributed by atoms with Crippen molar-refractivity contribution >= 4 is 28.3 Å². The first-order valence-electron chi connectivity index (χ1n) is 7.36. The van der Waals surface area contributed by atoms with Gasteiger partial charge in [0.1, 0.15) is 6.61 Å². The highest BCUT2D eigenvalue weighted by Gasteiger charge is 2.20. The number of halogens is 1. The van der Waals surface area contributed by atoms with E-state index in [1.807, 2.05) is 0 Å². The van der Waals surface area contributed by atoms with Gasteiger partial charge in [0.2, 0.25) is 6.79 Å². The van der Waals surface area contributed by atoms with Crippen LogP contribution in [0.25, 0.3) is 10.8 Å². The molecule has 2 heterocycles. The van der Waals surface area contributed by atoms with E-state index in [4.69, 9.17) is 25.8 Å². The maximum atomic E-state index is 12.4. The fourth-order valence-electron chi connectivity index (χ4n) is 2.59. The highest BCUT2D eigenvalue weighted by molar-refractivity contribution is 6.32. The number of nitrogens with zero attached hydrogens (tertiary/aromatic N) is 1. The number of ether oxygens (including phenoxy) is 3. The molecule has 8 heteroatoms. The third-order valence-electron chi connectivity index (χ3n) is 3.75. The van der Waals surface area contributed by atoms with Crippen LogP contribution in [-0.2, 0) is 11.3 Å². The van der Waals surface area contributed by atoms with Crippen molar-refractivity contribution in [2.75, 3.05) is 6.79 Å². The van der Waals surface area contributed by atoms with Crippen molar-refractivity contribution in [3.63, 3.8) is 0 Å². The zero-order valence-corrected chi connectivity index (χ0v) is 13.5. The van der Waals surface area contributed by atoms with Gasteiger partial charge in [0, 0.05) is 5.39 Å². The Morgan fingerprint density at radius 1 is 1.24 bits per heavy atom. The number of esters is 1. The molecule has 0 amide bonds. The van der Waals surface area contributed by atoms with Gasteiger partial charge in [-0.3, -0.25) is 4.79 Å². The number of hydrogen-bond acceptors (Lipinski definition) is 6. The van der Waals surface area contributed by atoms with Crippen LogP contribution in [0.15, 0.2) is 41.2 Å². The Hall–Kier alpha value is -3.06. The van der Waals surface area contributed by atoms with Gasteiger partial charge in [0.25, 0.3) is 5.56 Å². The van der Waals surface area contributed by atoms with Crippen LogP contribution in [0, 0.1) is 0 Å². The van der Waals surface area contributed by atoms with Gasteiger partial charge in [0.05, 0.1) is 10.4 Å². The number of H-pyrrole nitrogens is 1. The lowest BCUT2D eigenvalue weighted by molar-refractivity contribution is 0.0466. The second-order valence-electron chi connectivity index (χ2n) is 5.33. The maximum Gasteiger partial charge on any atom is 0.359 e. The van der Waals surface area contributed by atoms with Crippen molar-refractivity contribution in [3.8, 4) is 11.5 Å². The lowest BCUT2D eigenvalue weighted by Gasteiger charge is -2.08. The van der Waals surface area contributed by atoms with E-state index in [0.29, 0.717) is 32.9 Å². The predicted octanol–water partition coefficient (Wildman–Crippen LogP) is 2.66. The Morgan fingerprint density at radius 3 is 2.88 bits per heavy atom. The number of aromatic nitrogens is 2. The molecule has 0 aliphatic carbocycles. The largest absolute Gasteiger partial charge is 0.456 e. The maximum absolute atomic E-state index is 12.4. The minimum absolute atomic E-state index is 0.0235. The zero-order chi connectivity index (χ0) is 17.4. The number of benzene rings is 2. The van der Waals surface area contributed by atoms with Gasteiger partial charge in [-0.05, 0) is 23.8 Å². The van der Waals surface area contributed by atoms with Gasteiger partial charge < -0.3 is 14.2 Å². The van der Waals surface area contributed by atoms with Crippen LogP contribution in [0.3, 0.4) is 0 Å². The molecule has 2 aromatic carbocycles. The number of rotatable bonds is 3. The normalized spacial score (nSPS) is 12.4. The molecule has 3 aromatic rings. The predicted molar refractivity (Wildman–Crippen MR) is 89.1 cm³/mol. The summed E-state index contributed by atoms with van der Waals surface area (Å²) in [5.74, 6) is 0.331. The van der Waals surface area contributed by atoms with E-state index >= 15 is 0 Å². The van der Waals surface area contributed by atoms with Crippen LogP contribution in [0.2, 0.25) is 5.02 Å². The van der Waals surface area contributed by atoms with Crippen LogP contribution in [0.4, 0.5) is 0 Å². The van der Waals surface area contributed by atoms with Gasteiger partial charge >= 0.3 is 5.97 Å². The number of carbonyl (C=O) groups excluding carboxylic acids is 1. The molecule has 0 fully saturated rings. The summed E-state index contributed by atoms with van der Waals surface area (Å²) in [6, 6.07) is 10.0. The summed E-state index contributed by atoms with van der Waals surface area (Å²) >= 11 is 6.11. The van der Waals surface area contributed by atoms with Crippen molar-refractivity contribution in [1.82, 2.24) is 10.2 Å². The molecule has 1 aromatic heterocycles. The molecular formula is C17H11ClN2O5. The van der Waals surface area contributed by atoms with E-state index in [0.717, 1.165) is 0 Å². The number of hydrogen-bond donors (Lipinski definition) is 1. The standard InChI is InChI=1S/C17H11ClN2O5/c18-12-5-9(6-13-15(12)25-8-24-13)7-23-17(22)14-10-3-1-2-4-11(10)16(21)20-19-14/h1-6H,7-8H2,(H,20,21). The van der Waals surface area contributed by atoms with Crippen LogP contribution in [0.5, 0.6) is 11.5 Å². The van der Waals surface area contributed by atoms with Crippen LogP contribution < -0.4 is 15.0 Å². The molecule has 7 nitrogen and oxygen atoms in total.